The van der Waals surface area contributed by atoms with E-state index in [0.717, 1.165) is 41.2 Å². The molecular formula is C17H21ClN4. The minimum atomic E-state index is 0.635. The average molecular weight is 317 g/mol. The van der Waals surface area contributed by atoms with E-state index in [2.05, 4.69) is 33.2 Å². The van der Waals surface area contributed by atoms with Crippen LogP contribution in [0.2, 0.25) is 5.02 Å². The molecule has 116 valence electrons. The van der Waals surface area contributed by atoms with Crippen LogP contribution in [0, 0.1) is 12.8 Å². The summed E-state index contributed by atoms with van der Waals surface area (Å²) in [5.41, 5.74) is 1.91. The second kappa shape index (κ2) is 6.53. The number of nitrogens with zero attached hydrogens (tertiary/aromatic N) is 3. The van der Waals surface area contributed by atoms with Crippen LogP contribution < -0.4 is 10.2 Å². The lowest BCUT2D eigenvalue weighted by atomic mass is 9.99. The number of aromatic nitrogens is 2. The number of anilines is 3. The largest absolute Gasteiger partial charge is 0.356 e. The van der Waals surface area contributed by atoms with Gasteiger partial charge >= 0.3 is 0 Å². The first-order valence-electron chi connectivity index (χ1n) is 7.73. The Balaban J connectivity index is 1.79. The van der Waals surface area contributed by atoms with E-state index in [1.807, 2.05) is 31.2 Å². The van der Waals surface area contributed by atoms with Gasteiger partial charge in [0.05, 0.1) is 0 Å². The molecule has 0 unspecified atom stereocenters. The van der Waals surface area contributed by atoms with Gasteiger partial charge in [0.1, 0.15) is 5.82 Å². The molecule has 0 aliphatic carbocycles. The molecule has 1 aromatic heterocycles. The molecule has 22 heavy (non-hydrogen) atoms. The summed E-state index contributed by atoms with van der Waals surface area (Å²) in [4.78, 5) is 11.5. The molecule has 4 nitrogen and oxygen atoms in total. The summed E-state index contributed by atoms with van der Waals surface area (Å²) in [5, 5.41) is 3.97. The van der Waals surface area contributed by atoms with Crippen LogP contribution in [0.25, 0.3) is 0 Å². The van der Waals surface area contributed by atoms with Crippen LogP contribution in [-0.4, -0.2) is 23.1 Å². The monoisotopic (exact) mass is 316 g/mol. The molecule has 0 amide bonds. The highest BCUT2D eigenvalue weighted by molar-refractivity contribution is 6.30. The molecule has 0 bridgehead atoms. The molecule has 0 radical (unpaired) electrons. The van der Waals surface area contributed by atoms with E-state index in [9.17, 15) is 0 Å². The van der Waals surface area contributed by atoms with Gasteiger partial charge in [0, 0.05) is 35.6 Å². The molecule has 0 spiro atoms. The van der Waals surface area contributed by atoms with Crippen molar-refractivity contribution in [3.8, 4) is 0 Å². The van der Waals surface area contributed by atoms with Crippen LogP contribution in [0.3, 0.4) is 0 Å². The molecular weight excluding hydrogens is 296 g/mol. The fourth-order valence-electron chi connectivity index (χ4n) is 2.67. The van der Waals surface area contributed by atoms with E-state index in [4.69, 9.17) is 11.6 Å². The van der Waals surface area contributed by atoms with Gasteiger partial charge in [-0.1, -0.05) is 18.5 Å². The second-order valence-corrected chi connectivity index (χ2v) is 6.43. The summed E-state index contributed by atoms with van der Waals surface area (Å²) >= 11 is 5.91. The fraction of sp³-hybridized carbons (Fsp3) is 0.412. The molecule has 1 fully saturated rings. The lowest BCUT2D eigenvalue weighted by Gasteiger charge is -2.31. The van der Waals surface area contributed by atoms with Crippen molar-refractivity contribution in [2.75, 3.05) is 23.3 Å². The summed E-state index contributed by atoms with van der Waals surface area (Å²) in [6.45, 7) is 6.46. The molecule has 1 N–H and O–H groups in total. The Morgan fingerprint density at radius 2 is 1.82 bits per heavy atom. The molecule has 0 saturated carbocycles. The Hall–Kier alpha value is -1.81. The minimum absolute atomic E-state index is 0.635. The lowest BCUT2D eigenvalue weighted by Crippen LogP contribution is -2.33. The molecule has 5 heteroatoms. The number of halogens is 1. The van der Waals surface area contributed by atoms with E-state index in [-0.39, 0.29) is 0 Å². The first-order chi connectivity index (χ1) is 10.6. The average Bonchev–Trinajstić information content (AvgIpc) is 2.50. The topological polar surface area (TPSA) is 41.1 Å². The first kappa shape index (κ1) is 15.1. The van der Waals surface area contributed by atoms with Gasteiger partial charge < -0.3 is 10.2 Å². The third-order valence-electron chi connectivity index (χ3n) is 4.05. The van der Waals surface area contributed by atoms with Crippen molar-refractivity contribution in [2.24, 2.45) is 5.92 Å². The smallest absolute Gasteiger partial charge is 0.229 e. The van der Waals surface area contributed by atoms with Gasteiger partial charge in [0.15, 0.2) is 0 Å². The van der Waals surface area contributed by atoms with Crippen molar-refractivity contribution in [3.05, 3.63) is 41.0 Å². The van der Waals surface area contributed by atoms with Crippen LogP contribution >= 0.6 is 11.6 Å². The highest BCUT2D eigenvalue weighted by Crippen LogP contribution is 2.24. The Labute approximate surface area is 136 Å². The number of nitrogens with one attached hydrogen (secondary N) is 1. The number of aryl methyl sites for hydroxylation is 1. The number of piperidine rings is 1. The number of rotatable bonds is 3. The zero-order chi connectivity index (χ0) is 15.5. The van der Waals surface area contributed by atoms with Gasteiger partial charge in [-0.15, -0.1) is 0 Å². The maximum atomic E-state index is 5.91. The summed E-state index contributed by atoms with van der Waals surface area (Å²) in [6, 6.07) is 9.62. The maximum Gasteiger partial charge on any atom is 0.229 e. The predicted molar refractivity (Wildman–Crippen MR) is 92.1 cm³/mol. The number of hydrogen-bond donors (Lipinski definition) is 1. The van der Waals surface area contributed by atoms with Crippen molar-refractivity contribution >= 4 is 29.1 Å². The molecule has 2 heterocycles. The van der Waals surface area contributed by atoms with Crippen LogP contribution in [0.4, 0.5) is 17.5 Å². The summed E-state index contributed by atoms with van der Waals surface area (Å²) in [7, 11) is 0. The molecule has 3 rings (SSSR count). The third kappa shape index (κ3) is 3.69. The normalized spacial score (nSPS) is 15.9. The molecule has 0 atom stereocenters. The number of benzene rings is 1. The Bertz CT molecular complexity index is 634. The second-order valence-electron chi connectivity index (χ2n) is 5.99. The van der Waals surface area contributed by atoms with Crippen molar-refractivity contribution in [3.63, 3.8) is 0 Å². The van der Waals surface area contributed by atoms with Crippen LogP contribution in [0.15, 0.2) is 30.3 Å². The SMILES string of the molecule is Cc1cc(N2CCC(C)CC2)nc(Nc2ccc(Cl)cc2)n1. The van der Waals surface area contributed by atoms with Gasteiger partial charge in [-0.2, -0.15) is 4.98 Å². The predicted octanol–water partition coefficient (Wildman–Crippen LogP) is 4.42. The van der Waals surface area contributed by atoms with Crippen molar-refractivity contribution in [1.82, 2.24) is 9.97 Å². The van der Waals surface area contributed by atoms with Crippen LogP contribution in [0.1, 0.15) is 25.5 Å². The molecule has 1 aliphatic rings. The summed E-state index contributed by atoms with van der Waals surface area (Å²) in [6.07, 6.45) is 2.45. The van der Waals surface area contributed by atoms with E-state index < -0.39 is 0 Å². The van der Waals surface area contributed by atoms with Crippen LogP contribution in [-0.2, 0) is 0 Å². The van der Waals surface area contributed by atoms with E-state index in [0.29, 0.717) is 5.95 Å². The van der Waals surface area contributed by atoms with Gasteiger partial charge in [-0.25, -0.2) is 4.98 Å². The van der Waals surface area contributed by atoms with E-state index in [1.54, 1.807) is 0 Å². The summed E-state index contributed by atoms with van der Waals surface area (Å²) in [5.74, 6) is 2.46. The van der Waals surface area contributed by atoms with E-state index in [1.165, 1.54) is 12.8 Å². The quantitative estimate of drug-likeness (QED) is 0.910. The maximum absolute atomic E-state index is 5.91. The Kier molecular flexibility index (Phi) is 4.48. The zero-order valence-corrected chi connectivity index (χ0v) is 13.8. The molecule has 1 aliphatic heterocycles. The van der Waals surface area contributed by atoms with Crippen LogP contribution in [0.5, 0.6) is 0 Å². The van der Waals surface area contributed by atoms with Gasteiger partial charge in [0.25, 0.3) is 0 Å². The lowest BCUT2D eigenvalue weighted by molar-refractivity contribution is 0.436. The molecule has 1 saturated heterocycles. The minimum Gasteiger partial charge on any atom is -0.356 e. The van der Waals surface area contributed by atoms with E-state index >= 15 is 0 Å². The Morgan fingerprint density at radius 1 is 1.14 bits per heavy atom. The molecule has 2 aromatic rings. The molecule has 1 aromatic carbocycles. The summed E-state index contributed by atoms with van der Waals surface area (Å²) < 4.78 is 0. The first-order valence-corrected chi connectivity index (χ1v) is 8.11. The van der Waals surface area contributed by atoms with Crippen molar-refractivity contribution in [2.45, 2.75) is 26.7 Å². The highest BCUT2D eigenvalue weighted by atomic mass is 35.5. The zero-order valence-electron chi connectivity index (χ0n) is 13.0. The van der Waals surface area contributed by atoms with Gasteiger partial charge in [-0.3, -0.25) is 0 Å². The Morgan fingerprint density at radius 3 is 2.50 bits per heavy atom. The van der Waals surface area contributed by atoms with Crippen molar-refractivity contribution < 1.29 is 0 Å². The fourth-order valence-corrected chi connectivity index (χ4v) is 2.80. The standard InChI is InChI=1S/C17H21ClN4/c1-12-7-9-22(10-8-12)16-11-13(2)19-17(21-16)20-15-5-3-14(18)4-6-15/h3-6,11-12H,7-10H2,1-2H3,(H,19,20,21). The van der Waals surface area contributed by atoms with Gasteiger partial charge in [-0.05, 0) is 49.9 Å². The highest BCUT2D eigenvalue weighted by Gasteiger charge is 2.18. The number of hydrogen-bond acceptors (Lipinski definition) is 4. The third-order valence-corrected chi connectivity index (χ3v) is 4.30. The van der Waals surface area contributed by atoms with Crippen molar-refractivity contribution in [1.29, 1.82) is 0 Å². The van der Waals surface area contributed by atoms with Gasteiger partial charge in [0.2, 0.25) is 5.95 Å².